The molecule has 0 amide bonds. The number of nitrogens with zero attached hydrogens (tertiary/aromatic N) is 1. The number of para-hydroxylation sites is 1. The van der Waals surface area contributed by atoms with Gasteiger partial charge >= 0.3 is 5.97 Å². The number of hydrogen-bond donors (Lipinski definition) is 1. The Labute approximate surface area is 103 Å². The molecule has 3 aromatic rings. The van der Waals surface area contributed by atoms with Gasteiger partial charge in [-0.15, -0.1) is 0 Å². The molecular formula is C14H11NO3. The van der Waals surface area contributed by atoms with Crippen LogP contribution >= 0.6 is 0 Å². The minimum atomic E-state index is -0.380. The third-order valence-corrected chi connectivity index (χ3v) is 2.88. The van der Waals surface area contributed by atoms with Crippen LogP contribution in [0.25, 0.3) is 21.8 Å². The van der Waals surface area contributed by atoms with Crippen molar-refractivity contribution in [2.24, 2.45) is 0 Å². The maximum absolute atomic E-state index is 10.9. The summed E-state index contributed by atoms with van der Waals surface area (Å²) in [6, 6.07) is 12.8. The molecule has 0 fully saturated rings. The fourth-order valence-electron chi connectivity index (χ4n) is 2.16. The van der Waals surface area contributed by atoms with Crippen LogP contribution in [0, 0.1) is 0 Å². The van der Waals surface area contributed by atoms with Crippen LogP contribution in [0.15, 0.2) is 42.5 Å². The molecular weight excluding hydrogens is 230 g/mol. The van der Waals surface area contributed by atoms with Crippen LogP contribution in [0.4, 0.5) is 0 Å². The summed E-state index contributed by atoms with van der Waals surface area (Å²) in [5.41, 5.74) is 1.35. The minimum absolute atomic E-state index is 0.380. The predicted octanol–water partition coefficient (Wildman–Crippen LogP) is 2.96. The van der Waals surface area contributed by atoms with Crippen molar-refractivity contribution in [1.29, 1.82) is 0 Å². The lowest BCUT2D eigenvalue weighted by Gasteiger charge is -2.01. The molecule has 0 aliphatic rings. The Hall–Kier alpha value is -2.49. The number of hydrogen-bond acceptors (Lipinski definition) is 3. The van der Waals surface area contributed by atoms with Gasteiger partial charge in [0.05, 0.1) is 11.0 Å². The third kappa shape index (κ3) is 1.50. The Morgan fingerprint density at radius 1 is 1.11 bits per heavy atom. The number of benzene rings is 2. The van der Waals surface area contributed by atoms with E-state index in [4.69, 9.17) is 4.74 Å². The van der Waals surface area contributed by atoms with Gasteiger partial charge in [-0.25, -0.2) is 0 Å². The molecule has 90 valence electrons. The molecule has 3 rings (SSSR count). The summed E-state index contributed by atoms with van der Waals surface area (Å²) in [5, 5.41) is 12.0. The standard InChI is InChI=1S/C14H11NO3/c1-9(16)18-10-6-7-12-11-4-2-3-5-13(11)15(17)14(12)8-10/h2-8,17H,1H3. The van der Waals surface area contributed by atoms with Crippen molar-refractivity contribution in [3.63, 3.8) is 0 Å². The van der Waals surface area contributed by atoms with Gasteiger partial charge in [0.15, 0.2) is 0 Å². The van der Waals surface area contributed by atoms with Crippen molar-refractivity contribution in [3.05, 3.63) is 42.5 Å². The van der Waals surface area contributed by atoms with E-state index in [1.807, 2.05) is 30.3 Å². The number of fused-ring (bicyclic) bond motifs is 3. The van der Waals surface area contributed by atoms with Crippen molar-refractivity contribution in [2.45, 2.75) is 6.92 Å². The summed E-state index contributed by atoms with van der Waals surface area (Å²) < 4.78 is 6.12. The molecule has 2 aromatic carbocycles. The highest BCUT2D eigenvalue weighted by Crippen LogP contribution is 2.30. The smallest absolute Gasteiger partial charge is 0.308 e. The average Bonchev–Trinajstić information content (AvgIpc) is 2.63. The fourth-order valence-corrected chi connectivity index (χ4v) is 2.16. The van der Waals surface area contributed by atoms with E-state index in [-0.39, 0.29) is 5.97 Å². The number of esters is 1. The quantitative estimate of drug-likeness (QED) is 0.405. The summed E-state index contributed by atoms with van der Waals surface area (Å²) in [6.45, 7) is 1.35. The second-order valence-electron chi connectivity index (χ2n) is 4.10. The Bertz CT molecular complexity index is 758. The highest BCUT2D eigenvalue weighted by atomic mass is 16.5. The van der Waals surface area contributed by atoms with E-state index in [1.54, 1.807) is 12.1 Å². The van der Waals surface area contributed by atoms with Gasteiger partial charge in [0, 0.05) is 23.8 Å². The van der Waals surface area contributed by atoms with Crippen LogP contribution in [0.3, 0.4) is 0 Å². The summed E-state index contributed by atoms with van der Waals surface area (Å²) in [4.78, 5) is 10.9. The third-order valence-electron chi connectivity index (χ3n) is 2.88. The van der Waals surface area contributed by atoms with Crippen molar-refractivity contribution in [3.8, 4) is 5.75 Å². The largest absolute Gasteiger partial charge is 0.428 e. The zero-order valence-electron chi connectivity index (χ0n) is 9.75. The Balaban J connectivity index is 2.31. The molecule has 0 saturated heterocycles. The first-order valence-electron chi connectivity index (χ1n) is 5.57. The molecule has 0 spiro atoms. The lowest BCUT2D eigenvalue weighted by Crippen LogP contribution is -2.01. The van der Waals surface area contributed by atoms with Crippen molar-refractivity contribution >= 4 is 27.8 Å². The first kappa shape index (κ1) is 10.7. The molecule has 4 heteroatoms. The van der Waals surface area contributed by atoms with Crippen LogP contribution in [0.5, 0.6) is 5.75 Å². The molecule has 1 aromatic heterocycles. The number of rotatable bonds is 1. The first-order chi connectivity index (χ1) is 8.66. The maximum atomic E-state index is 10.9. The Morgan fingerprint density at radius 2 is 1.83 bits per heavy atom. The molecule has 0 radical (unpaired) electrons. The molecule has 0 aliphatic heterocycles. The summed E-state index contributed by atoms with van der Waals surface area (Å²) in [7, 11) is 0. The molecule has 1 heterocycles. The van der Waals surface area contributed by atoms with Crippen LogP contribution in [0.1, 0.15) is 6.92 Å². The van der Waals surface area contributed by atoms with Gasteiger partial charge in [0.2, 0.25) is 0 Å². The normalized spacial score (nSPS) is 10.9. The van der Waals surface area contributed by atoms with E-state index in [2.05, 4.69) is 0 Å². The monoisotopic (exact) mass is 241 g/mol. The van der Waals surface area contributed by atoms with E-state index in [0.29, 0.717) is 11.3 Å². The molecule has 0 aliphatic carbocycles. The van der Waals surface area contributed by atoms with Crippen LogP contribution in [0.2, 0.25) is 0 Å². The molecule has 0 unspecified atom stereocenters. The Morgan fingerprint density at radius 3 is 2.61 bits per heavy atom. The molecule has 18 heavy (non-hydrogen) atoms. The predicted molar refractivity (Wildman–Crippen MR) is 67.9 cm³/mol. The van der Waals surface area contributed by atoms with E-state index < -0.39 is 0 Å². The molecule has 1 N–H and O–H groups in total. The van der Waals surface area contributed by atoms with E-state index in [1.165, 1.54) is 6.92 Å². The minimum Gasteiger partial charge on any atom is -0.428 e. The lowest BCUT2D eigenvalue weighted by atomic mass is 10.1. The summed E-state index contributed by atoms with van der Waals surface area (Å²) in [6.07, 6.45) is 0. The van der Waals surface area contributed by atoms with Gasteiger partial charge in [0.25, 0.3) is 0 Å². The van der Waals surface area contributed by atoms with Gasteiger partial charge in [-0.05, 0) is 18.2 Å². The van der Waals surface area contributed by atoms with Gasteiger partial charge in [-0.2, -0.15) is 4.73 Å². The summed E-state index contributed by atoms with van der Waals surface area (Å²) in [5.74, 6) is 0.0445. The highest BCUT2D eigenvalue weighted by molar-refractivity contribution is 6.08. The van der Waals surface area contributed by atoms with Crippen LogP contribution < -0.4 is 4.74 Å². The zero-order valence-corrected chi connectivity index (χ0v) is 9.75. The van der Waals surface area contributed by atoms with Crippen LogP contribution in [-0.2, 0) is 4.79 Å². The van der Waals surface area contributed by atoms with E-state index in [9.17, 15) is 10.0 Å². The van der Waals surface area contributed by atoms with Gasteiger partial charge in [0.1, 0.15) is 5.75 Å². The van der Waals surface area contributed by atoms with Gasteiger partial charge in [-0.3, -0.25) is 4.79 Å². The molecule has 0 saturated carbocycles. The Kier molecular flexibility index (Phi) is 2.23. The summed E-state index contributed by atoms with van der Waals surface area (Å²) >= 11 is 0. The topological polar surface area (TPSA) is 51.5 Å². The van der Waals surface area contributed by atoms with E-state index in [0.717, 1.165) is 21.0 Å². The van der Waals surface area contributed by atoms with Gasteiger partial charge < -0.3 is 9.94 Å². The number of carbonyl (C=O) groups is 1. The van der Waals surface area contributed by atoms with Crippen molar-refractivity contribution < 1.29 is 14.7 Å². The molecule has 0 atom stereocenters. The fraction of sp³-hybridized carbons (Fsp3) is 0.0714. The zero-order chi connectivity index (χ0) is 12.7. The van der Waals surface area contributed by atoms with Gasteiger partial charge in [-0.1, -0.05) is 18.2 Å². The lowest BCUT2D eigenvalue weighted by molar-refractivity contribution is -0.131. The number of carbonyl (C=O) groups excluding carboxylic acids is 1. The van der Waals surface area contributed by atoms with Crippen molar-refractivity contribution in [2.75, 3.05) is 0 Å². The first-order valence-corrected chi connectivity index (χ1v) is 5.57. The average molecular weight is 241 g/mol. The second-order valence-corrected chi connectivity index (χ2v) is 4.10. The van der Waals surface area contributed by atoms with Crippen LogP contribution in [-0.4, -0.2) is 15.9 Å². The highest BCUT2D eigenvalue weighted by Gasteiger charge is 2.10. The molecule has 4 nitrogen and oxygen atoms in total. The number of aromatic nitrogens is 1. The maximum Gasteiger partial charge on any atom is 0.308 e. The SMILES string of the molecule is CC(=O)Oc1ccc2c3ccccc3n(O)c2c1. The number of ether oxygens (including phenoxy) is 1. The molecule has 0 bridgehead atoms. The second kappa shape index (κ2) is 3.77. The van der Waals surface area contributed by atoms with E-state index >= 15 is 0 Å². The van der Waals surface area contributed by atoms with Crippen molar-refractivity contribution in [1.82, 2.24) is 4.73 Å².